The molecular weight excluding hydrogens is 252 g/mol. The first-order valence-electron chi connectivity index (χ1n) is 6.45. The van der Waals surface area contributed by atoms with Crippen LogP contribution in [0.25, 0.3) is 0 Å². The Morgan fingerprint density at radius 1 is 1.44 bits per heavy atom. The highest BCUT2D eigenvalue weighted by molar-refractivity contribution is 8.00. The number of rotatable bonds is 3. The number of hydrogen-bond acceptors (Lipinski definition) is 3. The number of nitrogens with zero attached hydrogens (tertiary/aromatic N) is 1. The van der Waals surface area contributed by atoms with E-state index < -0.39 is 11.9 Å². The van der Waals surface area contributed by atoms with Crippen molar-refractivity contribution in [2.24, 2.45) is 11.8 Å². The van der Waals surface area contributed by atoms with E-state index in [4.69, 9.17) is 5.11 Å². The molecule has 2 amide bonds. The van der Waals surface area contributed by atoms with E-state index >= 15 is 0 Å². The highest BCUT2D eigenvalue weighted by atomic mass is 32.2. The Morgan fingerprint density at radius 2 is 2.22 bits per heavy atom. The molecule has 3 atom stereocenters. The summed E-state index contributed by atoms with van der Waals surface area (Å²) in [4.78, 5) is 24.5. The monoisotopic (exact) mass is 272 g/mol. The standard InChI is InChI=1S/C12H20N2O3S/c1-8-6-14(7-10(8)11(15)16)12(17)13-5-9-3-2-4-18-9/h8-10H,2-7H2,1H3,(H,13,17)(H,15,16). The molecule has 2 N–H and O–H groups in total. The fourth-order valence-corrected chi connectivity index (χ4v) is 3.77. The van der Waals surface area contributed by atoms with Gasteiger partial charge in [0.2, 0.25) is 0 Å². The normalized spacial score (nSPS) is 31.6. The van der Waals surface area contributed by atoms with E-state index in [1.807, 2.05) is 18.7 Å². The molecule has 0 aliphatic carbocycles. The zero-order valence-corrected chi connectivity index (χ0v) is 11.4. The van der Waals surface area contributed by atoms with Crippen LogP contribution < -0.4 is 5.32 Å². The van der Waals surface area contributed by atoms with Crippen LogP contribution in [0.15, 0.2) is 0 Å². The molecule has 102 valence electrons. The molecule has 2 aliphatic heterocycles. The van der Waals surface area contributed by atoms with Gasteiger partial charge in [-0.3, -0.25) is 4.79 Å². The number of amides is 2. The van der Waals surface area contributed by atoms with Crippen LogP contribution in [0.3, 0.4) is 0 Å². The van der Waals surface area contributed by atoms with E-state index in [1.54, 1.807) is 4.90 Å². The zero-order chi connectivity index (χ0) is 13.1. The van der Waals surface area contributed by atoms with E-state index in [0.29, 0.717) is 24.9 Å². The molecule has 5 nitrogen and oxygen atoms in total. The van der Waals surface area contributed by atoms with Gasteiger partial charge in [-0.1, -0.05) is 6.92 Å². The van der Waals surface area contributed by atoms with E-state index in [-0.39, 0.29) is 11.9 Å². The molecule has 18 heavy (non-hydrogen) atoms. The lowest BCUT2D eigenvalue weighted by Crippen LogP contribution is -2.41. The van der Waals surface area contributed by atoms with Gasteiger partial charge < -0.3 is 15.3 Å². The van der Waals surface area contributed by atoms with Gasteiger partial charge in [-0.2, -0.15) is 11.8 Å². The maximum Gasteiger partial charge on any atom is 0.317 e. The number of hydrogen-bond donors (Lipinski definition) is 2. The van der Waals surface area contributed by atoms with Gasteiger partial charge in [0.05, 0.1) is 5.92 Å². The number of urea groups is 1. The molecule has 2 aliphatic rings. The first-order valence-corrected chi connectivity index (χ1v) is 7.50. The second-order valence-corrected chi connectivity index (χ2v) is 6.56. The predicted molar refractivity (Wildman–Crippen MR) is 70.7 cm³/mol. The van der Waals surface area contributed by atoms with E-state index in [9.17, 15) is 9.59 Å². The van der Waals surface area contributed by atoms with Gasteiger partial charge in [0.25, 0.3) is 0 Å². The number of likely N-dealkylation sites (tertiary alicyclic amines) is 1. The van der Waals surface area contributed by atoms with E-state index in [0.717, 1.165) is 0 Å². The largest absolute Gasteiger partial charge is 0.481 e. The summed E-state index contributed by atoms with van der Waals surface area (Å²) in [7, 11) is 0. The van der Waals surface area contributed by atoms with Crippen LogP contribution in [0.2, 0.25) is 0 Å². The third-order valence-corrected chi connectivity index (χ3v) is 5.12. The number of carbonyl (C=O) groups excluding carboxylic acids is 1. The summed E-state index contributed by atoms with van der Waals surface area (Å²) in [6.45, 7) is 3.46. The number of thioether (sulfide) groups is 1. The number of carboxylic acids is 1. The van der Waals surface area contributed by atoms with Crippen LogP contribution >= 0.6 is 11.8 Å². The van der Waals surface area contributed by atoms with Crippen LogP contribution in [0, 0.1) is 11.8 Å². The lowest BCUT2D eigenvalue weighted by atomic mass is 9.99. The smallest absolute Gasteiger partial charge is 0.317 e. The average Bonchev–Trinajstić information content (AvgIpc) is 2.94. The average molecular weight is 272 g/mol. The summed E-state index contributed by atoms with van der Waals surface area (Å²) in [6, 6.07) is -0.113. The van der Waals surface area contributed by atoms with Gasteiger partial charge in [-0.05, 0) is 24.5 Å². The second-order valence-electron chi connectivity index (χ2n) is 5.15. The Kier molecular flexibility index (Phi) is 4.37. The van der Waals surface area contributed by atoms with Crippen LogP contribution in [-0.2, 0) is 4.79 Å². The van der Waals surface area contributed by atoms with Gasteiger partial charge in [-0.15, -0.1) is 0 Å². The molecule has 2 fully saturated rings. The SMILES string of the molecule is CC1CN(C(=O)NCC2CCCS2)CC1C(=O)O. The molecule has 2 rings (SSSR count). The Bertz CT molecular complexity index is 331. The molecule has 3 unspecified atom stereocenters. The first kappa shape index (κ1) is 13.5. The highest BCUT2D eigenvalue weighted by Crippen LogP contribution is 2.26. The Morgan fingerprint density at radius 3 is 2.78 bits per heavy atom. The molecule has 0 radical (unpaired) electrons. The third kappa shape index (κ3) is 3.10. The molecule has 2 saturated heterocycles. The fraction of sp³-hybridized carbons (Fsp3) is 0.833. The second kappa shape index (κ2) is 5.82. The number of carboxylic acid groups (broad SMARTS) is 1. The molecule has 0 aromatic carbocycles. The highest BCUT2D eigenvalue weighted by Gasteiger charge is 2.37. The van der Waals surface area contributed by atoms with Crippen molar-refractivity contribution in [3.8, 4) is 0 Å². The Hall–Kier alpha value is -0.910. The topological polar surface area (TPSA) is 69.6 Å². The molecule has 0 saturated carbocycles. The fourth-order valence-electron chi connectivity index (χ4n) is 2.57. The van der Waals surface area contributed by atoms with Crippen LogP contribution in [-0.4, -0.2) is 52.6 Å². The van der Waals surface area contributed by atoms with Gasteiger partial charge in [0, 0.05) is 24.9 Å². The molecular formula is C12H20N2O3S. The molecule has 0 bridgehead atoms. The minimum Gasteiger partial charge on any atom is -0.481 e. The number of nitrogens with one attached hydrogen (secondary N) is 1. The van der Waals surface area contributed by atoms with E-state index in [1.165, 1.54) is 18.6 Å². The van der Waals surface area contributed by atoms with Crippen LogP contribution in [0.4, 0.5) is 4.79 Å². The summed E-state index contributed by atoms with van der Waals surface area (Å²) < 4.78 is 0. The minimum absolute atomic E-state index is 0.0362. The zero-order valence-electron chi connectivity index (χ0n) is 10.6. The maximum absolute atomic E-state index is 11.9. The molecule has 0 aromatic rings. The van der Waals surface area contributed by atoms with Crippen molar-refractivity contribution in [1.29, 1.82) is 0 Å². The van der Waals surface area contributed by atoms with Crippen LogP contribution in [0.5, 0.6) is 0 Å². The van der Waals surface area contributed by atoms with Crippen molar-refractivity contribution >= 4 is 23.8 Å². The Labute approximate surface area is 111 Å². The summed E-state index contributed by atoms with van der Waals surface area (Å²) in [6.07, 6.45) is 2.39. The van der Waals surface area contributed by atoms with Crippen molar-refractivity contribution in [3.05, 3.63) is 0 Å². The summed E-state index contributed by atoms with van der Waals surface area (Å²) in [5, 5.41) is 12.5. The van der Waals surface area contributed by atoms with Crippen molar-refractivity contribution in [3.63, 3.8) is 0 Å². The Balaban J connectivity index is 1.77. The number of carbonyl (C=O) groups is 2. The summed E-state index contributed by atoms with van der Waals surface area (Å²) in [5.74, 6) is -0.00240. The quantitative estimate of drug-likeness (QED) is 0.811. The third-order valence-electron chi connectivity index (χ3n) is 3.72. The predicted octanol–water partition coefficient (Wildman–Crippen LogP) is 1.24. The summed E-state index contributed by atoms with van der Waals surface area (Å²) >= 11 is 1.91. The van der Waals surface area contributed by atoms with Gasteiger partial charge >= 0.3 is 12.0 Å². The summed E-state index contributed by atoms with van der Waals surface area (Å²) in [5.41, 5.74) is 0. The maximum atomic E-state index is 11.9. The lowest BCUT2D eigenvalue weighted by molar-refractivity contribution is -0.142. The van der Waals surface area contributed by atoms with Crippen molar-refractivity contribution < 1.29 is 14.7 Å². The van der Waals surface area contributed by atoms with Gasteiger partial charge in [0.1, 0.15) is 0 Å². The molecule has 0 aromatic heterocycles. The van der Waals surface area contributed by atoms with E-state index in [2.05, 4.69) is 5.32 Å². The lowest BCUT2D eigenvalue weighted by Gasteiger charge is -2.18. The van der Waals surface area contributed by atoms with Gasteiger partial charge in [-0.25, -0.2) is 4.79 Å². The number of aliphatic carboxylic acids is 1. The van der Waals surface area contributed by atoms with Crippen molar-refractivity contribution in [2.75, 3.05) is 25.4 Å². The first-order chi connectivity index (χ1) is 8.58. The van der Waals surface area contributed by atoms with Crippen LogP contribution in [0.1, 0.15) is 19.8 Å². The molecule has 0 spiro atoms. The van der Waals surface area contributed by atoms with Gasteiger partial charge in [0.15, 0.2) is 0 Å². The minimum atomic E-state index is -0.802. The molecule has 2 heterocycles. The van der Waals surface area contributed by atoms with Crippen molar-refractivity contribution in [2.45, 2.75) is 25.0 Å². The molecule has 6 heteroatoms. The van der Waals surface area contributed by atoms with Crippen molar-refractivity contribution in [1.82, 2.24) is 10.2 Å².